The maximum atomic E-state index is 13.5. The third kappa shape index (κ3) is 5.54. The fourth-order valence-corrected chi connectivity index (χ4v) is 10.5. The predicted molar refractivity (Wildman–Crippen MR) is 161 cm³/mol. The molecule has 1 aliphatic heterocycles. The topological polar surface area (TPSA) is 177 Å². The molecular formula is C34H56O10. The summed E-state index contributed by atoms with van der Waals surface area (Å²) in [6.07, 6.45) is -5.81. The zero-order valence-electron chi connectivity index (χ0n) is 27.0. The van der Waals surface area contributed by atoms with Crippen LogP contribution < -0.4 is 0 Å². The number of carbonyl (C=O) groups is 1. The van der Waals surface area contributed by atoms with Crippen molar-refractivity contribution in [2.75, 3.05) is 6.61 Å². The third-order valence-electron chi connectivity index (χ3n) is 13.3. The van der Waals surface area contributed by atoms with Crippen LogP contribution in [-0.4, -0.2) is 103 Å². The summed E-state index contributed by atoms with van der Waals surface area (Å²) >= 11 is 0. The van der Waals surface area contributed by atoms with Crippen LogP contribution in [0.2, 0.25) is 0 Å². The van der Waals surface area contributed by atoms with Crippen molar-refractivity contribution in [3.05, 3.63) is 12.2 Å². The zero-order valence-corrected chi connectivity index (χ0v) is 27.0. The normalized spacial score (nSPS) is 49.5. The summed E-state index contributed by atoms with van der Waals surface area (Å²) < 4.78 is 11.8. The Morgan fingerprint density at radius 2 is 1.64 bits per heavy atom. The van der Waals surface area contributed by atoms with Gasteiger partial charge in [0.2, 0.25) is 0 Å². The molecule has 0 aromatic heterocycles. The molecule has 252 valence electrons. The van der Waals surface area contributed by atoms with E-state index < -0.39 is 61.7 Å². The Kier molecular flexibility index (Phi) is 9.83. The van der Waals surface area contributed by atoms with Crippen LogP contribution in [0, 0.1) is 52.3 Å². The van der Waals surface area contributed by atoms with Gasteiger partial charge in [-0.25, -0.2) is 0 Å². The largest absolute Gasteiger partial charge is 0.394 e. The maximum Gasteiger partial charge on any atom is 0.187 e. The van der Waals surface area contributed by atoms with Gasteiger partial charge in [0.05, 0.1) is 24.9 Å². The average molecular weight is 625 g/mol. The molecule has 17 atom stereocenters. The molecule has 4 aliphatic carbocycles. The second-order valence-corrected chi connectivity index (χ2v) is 15.7. The molecule has 44 heavy (non-hydrogen) atoms. The maximum absolute atomic E-state index is 13.5. The molecule has 0 amide bonds. The van der Waals surface area contributed by atoms with E-state index in [0.717, 1.165) is 25.7 Å². The molecule has 0 aromatic carbocycles. The third-order valence-corrected chi connectivity index (χ3v) is 13.3. The van der Waals surface area contributed by atoms with E-state index in [2.05, 4.69) is 20.4 Å². The first-order chi connectivity index (χ1) is 20.6. The highest BCUT2D eigenvalue weighted by atomic mass is 16.7. The van der Waals surface area contributed by atoms with E-state index in [1.807, 2.05) is 20.8 Å². The van der Waals surface area contributed by atoms with Crippen molar-refractivity contribution in [2.45, 2.75) is 135 Å². The number of Topliss-reactive ketones (excluding diaryl/α,β-unsaturated/α-hetero) is 1. The molecule has 10 nitrogen and oxygen atoms in total. The van der Waals surface area contributed by atoms with Crippen LogP contribution in [0.3, 0.4) is 0 Å². The zero-order chi connectivity index (χ0) is 32.5. The number of carbonyl (C=O) groups excluding carboxylic acids is 1. The number of rotatable bonds is 8. The molecule has 0 bridgehead atoms. The Hall–Kier alpha value is -0.950. The molecule has 0 radical (unpaired) electrons. The van der Waals surface area contributed by atoms with Crippen molar-refractivity contribution in [1.82, 2.24) is 0 Å². The number of aliphatic hydroxyl groups is 7. The Morgan fingerprint density at radius 3 is 2.27 bits per heavy atom. The highest BCUT2D eigenvalue weighted by Gasteiger charge is 2.64. The molecule has 0 unspecified atom stereocenters. The van der Waals surface area contributed by atoms with Crippen molar-refractivity contribution in [3.63, 3.8) is 0 Å². The van der Waals surface area contributed by atoms with Gasteiger partial charge >= 0.3 is 0 Å². The average Bonchev–Trinajstić information content (AvgIpc) is 3.33. The fraction of sp³-hybridized carbons (Fsp3) is 0.912. The Balaban J connectivity index is 1.36. The van der Waals surface area contributed by atoms with E-state index in [-0.39, 0.29) is 46.2 Å². The van der Waals surface area contributed by atoms with Gasteiger partial charge < -0.3 is 45.2 Å². The molecule has 5 rings (SSSR count). The summed E-state index contributed by atoms with van der Waals surface area (Å²) in [6, 6.07) is 0. The number of ketones is 1. The predicted octanol–water partition coefficient (Wildman–Crippen LogP) is 1.55. The lowest BCUT2D eigenvalue weighted by Crippen LogP contribution is -2.60. The molecule has 7 N–H and O–H groups in total. The van der Waals surface area contributed by atoms with E-state index in [1.54, 1.807) is 0 Å². The first-order valence-corrected chi connectivity index (χ1v) is 16.8. The minimum absolute atomic E-state index is 0.0691. The number of hydrogen-bond donors (Lipinski definition) is 7. The first kappa shape index (κ1) is 34.4. The highest BCUT2D eigenvalue weighted by Crippen LogP contribution is 2.68. The van der Waals surface area contributed by atoms with Crippen molar-refractivity contribution in [2.24, 2.45) is 52.3 Å². The van der Waals surface area contributed by atoms with Gasteiger partial charge in [-0.15, -0.1) is 0 Å². The van der Waals surface area contributed by atoms with Crippen molar-refractivity contribution >= 4 is 5.78 Å². The summed E-state index contributed by atoms with van der Waals surface area (Å²) in [5, 5.41) is 73.8. The Labute approximate surface area is 261 Å². The van der Waals surface area contributed by atoms with E-state index in [4.69, 9.17) is 9.47 Å². The Morgan fingerprint density at radius 1 is 0.977 bits per heavy atom. The van der Waals surface area contributed by atoms with Gasteiger partial charge in [-0.3, -0.25) is 4.79 Å². The minimum atomic E-state index is -1.59. The highest BCUT2D eigenvalue weighted by molar-refractivity contribution is 5.83. The van der Waals surface area contributed by atoms with Gasteiger partial charge in [-0.1, -0.05) is 41.2 Å². The summed E-state index contributed by atoms with van der Waals surface area (Å²) in [4.78, 5) is 13.5. The summed E-state index contributed by atoms with van der Waals surface area (Å²) in [5.74, 6) is 0.613. The lowest BCUT2D eigenvalue weighted by molar-refractivity contribution is -0.315. The molecular weight excluding hydrogens is 568 g/mol. The van der Waals surface area contributed by atoms with Crippen LogP contribution in [0.4, 0.5) is 0 Å². The lowest BCUT2D eigenvalue weighted by atomic mass is 9.44. The van der Waals surface area contributed by atoms with Crippen molar-refractivity contribution in [3.8, 4) is 0 Å². The van der Waals surface area contributed by atoms with Gasteiger partial charge in [0.1, 0.15) is 36.3 Å². The number of aliphatic hydroxyl groups excluding tert-OH is 7. The second-order valence-electron chi connectivity index (χ2n) is 15.7. The van der Waals surface area contributed by atoms with Crippen LogP contribution in [0.5, 0.6) is 0 Å². The van der Waals surface area contributed by atoms with Crippen LogP contribution >= 0.6 is 0 Å². The van der Waals surface area contributed by atoms with Crippen LogP contribution in [0.25, 0.3) is 0 Å². The fourth-order valence-electron chi connectivity index (χ4n) is 10.5. The molecule has 1 saturated heterocycles. The molecule has 0 aromatic rings. The molecule has 5 aliphatic rings. The minimum Gasteiger partial charge on any atom is -0.394 e. The van der Waals surface area contributed by atoms with Gasteiger partial charge in [0, 0.05) is 12.3 Å². The van der Waals surface area contributed by atoms with Crippen LogP contribution in [0.15, 0.2) is 12.2 Å². The monoisotopic (exact) mass is 624 g/mol. The molecule has 0 spiro atoms. The second kappa shape index (κ2) is 12.6. The first-order valence-electron chi connectivity index (χ1n) is 16.8. The standard InChI is InChI=1S/C34H56O10/c1-15(2)16(3)31(44-32-30(42)29(41)28(40)26(14-35)43-32)27(39)17(4)19-7-8-20-18-11-23(36)22-12-24(37)25(38)13-34(22,6)21(18)9-10-33(19,20)5/h15,17-22,24-32,35,37-42H,3,7-14H2,1-2,4-6H3/t17-,18-,19+,20-,21-,22+,24-,25+,26+,27+,28+,29-,30+,31+,32-,33-,34+/m0/s1. The van der Waals surface area contributed by atoms with Gasteiger partial charge in [-0.2, -0.15) is 0 Å². The van der Waals surface area contributed by atoms with Crippen LogP contribution in [-0.2, 0) is 14.3 Å². The molecule has 5 fully saturated rings. The summed E-state index contributed by atoms with van der Waals surface area (Å²) in [5.41, 5.74) is 0.160. The van der Waals surface area contributed by atoms with E-state index in [1.165, 1.54) is 0 Å². The van der Waals surface area contributed by atoms with Gasteiger partial charge in [0.25, 0.3) is 0 Å². The smallest absolute Gasteiger partial charge is 0.187 e. The summed E-state index contributed by atoms with van der Waals surface area (Å²) in [6.45, 7) is 14.0. The number of ether oxygens (including phenoxy) is 2. The Bertz CT molecular complexity index is 1060. The van der Waals surface area contributed by atoms with Gasteiger partial charge in [-0.05, 0) is 90.4 Å². The molecule has 10 heteroatoms. The van der Waals surface area contributed by atoms with E-state index in [9.17, 15) is 40.5 Å². The molecule has 1 heterocycles. The van der Waals surface area contributed by atoms with Crippen molar-refractivity contribution < 1.29 is 50.0 Å². The van der Waals surface area contributed by atoms with Gasteiger partial charge in [0.15, 0.2) is 6.29 Å². The quantitative estimate of drug-likeness (QED) is 0.196. The lowest BCUT2D eigenvalue weighted by Gasteiger charge is -2.61. The number of fused-ring (bicyclic) bond motifs is 5. The van der Waals surface area contributed by atoms with E-state index >= 15 is 0 Å². The number of hydrogen-bond acceptors (Lipinski definition) is 10. The molecule has 4 saturated carbocycles. The van der Waals surface area contributed by atoms with Crippen LogP contribution in [0.1, 0.15) is 79.6 Å². The van der Waals surface area contributed by atoms with E-state index in [0.29, 0.717) is 36.7 Å². The summed E-state index contributed by atoms with van der Waals surface area (Å²) in [7, 11) is 0. The SMILES string of the molecule is C=C(C(C)C)[C@@H](O[C@@H]1O[C@H](CO)[C@@H](O)[C@H](O)[C@H]1O)[C@H](O)[C@@H](C)[C@H]1CC[C@H]2[C@@H]3CC(=O)[C@H]4C[C@H](O)[C@H](O)C[C@]4(C)[C@H]3CC[C@@]12C. The van der Waals surface area contributed by atoms with Crippen molar-refractivity contribution in [1.29, 1.82) is 0 Å².